The highest BCUT2D eigenvalue weighted by Crippen LogP contribution is 2.29. The molecule has 0 spiro atoms. The van der Waals surface area contributed by atoms with Gasteiger partial charge in [-0.2, -0.15) is 15.1 Å². The predicted molar refractivity (Wildman–Crippen MR) is 121 cm³/mol. The van der Waals surface area contributed by atoms with E-state index in [2.05, 4.69) is 23.1 Å². The summed E-state index contributed by atoms with van der Waals surface area (Å²) >= 11 is 1.34. The number of aryl methyl sites for hydroxylation is 2. The second kappa shape index (κ2) is 8.31. The number of hydrazone groups is 1. The molecule has 1 aromatic carbocycles. The largest absolute Gasteiger partial charge is 0.491 e. The maximum atomic E-state index is 12.5. The van der Waals surface area contributed by atoms with Gasteiger partial charge in [0.2, 0.25) is 5.17 Å². The number of rotatable bonds is 6. The van der Waals surface area contributed by atoms with Crippen molar-refractivity contribution in [3.05, 3.63) is 58.9 Å². The van der Waals surface area contributed by atoms with Gasteiger partial charge in [-0.1, -0.05) is 24.6 Å². The van der Waals surface area contributed by atoms with E-state index in [1.54, 1.807) is 6.08 Å². The van der Waals surface area contributed by atoms with Crippen LogP contribution in [0.1, 0.15) is 30.2 Å². The Kier molecular flexibility index (Phi) is 5.59. The van der Waals surface area contributed by atoms with E-state index < -0.39 is 5.91 Å². The summed E-state index contributed by atoms with van der Waals surface area (Å²) in [6, 6.07) is 9.93. The molecule has 4 rings (SSSR count). The van der Waals surface area contributed by atoms with Gasteiger partial charge in [0.1, 0.15) is 17.4 Å². The lowest BCUT2D eigenvalue weighted by Crippen LogP contribution is -2.35. The molecular formula is C22H23N5O2S. The molecule has 30 heavy (non-hydrogen) atoms. The van der Waals surface area contributed by atoms with E-state index in [4.69, 9.17) is 10.1 Å². The molecule has 0 fully saturated rings. The Balaban J connectivity index is 1.49. The molecule has 1 aromatic heterocycles. The highest BCUT2D eigenvalue weighted by atomic mass is 32.2. The quantitative estimate of drug-likeness (QED) is 0.708. The van der Waals surface area contributed by atoms with Crippen molar-refractivity contribution in [1.82, 2.24) is 9.58 Å². The molecule has 2 aliphatic rings. The van der Waals surface area contributed by atoms with Crippen molar-refractivity contribution in [3.8, 4) is 5.75 Å². The molecule has 8 heteroatoms. The molecule has 2 aliphatic heterocycles. The monoisotopic (exact) mass is 421 g/mol. The summed E-state index contributed by atoms with van der Waals surface area (Å²) in [5.74, 6) is 0.515. The number of nitrogens with zero attached hydrogens (tertiary/aromatic N) is 4. The van der Waals surface area contributed by atoms with Crippen molar-refractivity contribution in [2.75, 3.05) is 6.61 Å². The van der Waals surface area contributed by atoms with E-state index >= 15 is 0 Å². The number of carbonyl (C=O) groups excluding carboxylic acids is 1. The molecule has 0 bridgehead atoms. The lowest BCUT2D eigenvalue weighted by atomic mass is 10.1. The number of hydrogen-bond acceptors (Lipinski definition) is 5. The summed E-state index contributed by atoms with van der Waals surface area (Å²) < 4.78 is 7.93. The van der Waals surface area contributed by atoms with Gasteiger partial charge in [-0.15, -0.1) is 0 Å². The molecule has 2 aromatic rings. The van der Waals surface area contributed by atoms with Crippen molar-refractivity contribution in [3.63, 3.8) is 0 Å². The van der Waals surface area contributed by atoms with E-state index in [0.29, 0.717) is 18.3 Å². The average molecular weight is 422 g/mol. The van der Waals surface area contributed by atoms with Gasteiger partial charge in [0, 0.05) is 11.9 Å². The Hall–Kier alpha value is -3.13. The van der Waals surface area contributed by atoms with E-state index in [-0.39, 0.29) is 11.4 Å². The third-order valence-electron chi connectivity index (χ3n) is 4.88. The number of ether oxygens (including phenoxy) is 1. The third kappa shape index (κ3) is 3.95. The Labute approximate surface area is 179 Å². The summed E-state index contributed by atoms with van der Waals surface area (Å²) in [6.07, 6.45) is 4.37. The zero-order chi connectivity index (χ0) is 21.3. The first kappa shape index (κ1) is 20.2. The number of amides is 1. The lowest BCUT2D eigenvalue weighted by molar-refractivity contribution is -0.114. The van der Waals surface area contributed by atoms with Gasteiger partial charge in [-0.05, 0) is 61.9 Å². The summed E-state index contributed by atoms with van der Waals surface area (Å²) in [5.41, 5.74) is 3.36. The Morgan fingerprint density at radius 3 is 2.87 bits per heavy atom. The zero-order valence-corrected chi connectivity index (χ0v) is 18.0. The van der Waals surface area contributed by atoms with Crippen molar-refractivity contribution >= 4 is 39.8 Å². The molecule has 0 atom stereocenters. The van der Waals surface area contributed by atoms with Gasteiger partial charge in [0.25, 0.3) is 5.91 Å². The minimum Gasteiger partial charge on any atom is -0.491 e. The fraction of sp³-hybridized carbons (Fsp3) is 0.273. The van der Waals surface area contributed by atoms with E-state index in [1.165, 1.54) is 22.3 Å². The van der Waals surface area contributed by atoms with Crippen LogP contribution in [0.4, 0.5) is 0 Å². The molecule has 0 aliphatic carbocycles. The molecule has 1 amide bonds. The standard InChI is InChI=1S/C22H23N5O2S/c1-4-19-25-27-20(23)17(21(28)24-22(27)30-19)13-16-6-5-9-26(16)10-11-29-18-8-7-14(2)12-15(18)3/h5-9,12-13,23H,4,10-11H2,1-3H3. The van der Waals surface area contributed by atoms with Crippen LogP contribution in [-0.4, -0.2) is 38.1 Å². The molecule has 1 N–H and O–H groups in total. The first-order chi connectivity index (χ1) is 14.5. The third-order valence-corrected chi connectivity index (χ3v) is 5.93. The Morgan fingerprint density at radius 2 is 2.10 bits per heavy atom. The van der Waals surface area contributed by atoms with Gasteiger partial charge < -0.3 is 9.30 Å². The molecular weight excluding hydrogens is 398 g/mol. The van der Waals surface area contributed by atoms with Crippen LogP contribution < -0.4 is 4.74 Å². The van der Waals surface area contributed by atoms with E-state index in [0.717, 1.165) is 28.5 Å². The van der Waals surface area contributed by atoms with Crippen LogP contribution in [-0.2, 0) is 11.3 Å². The van der Waals surface area contributed by atoms with Crippen molar-refractivity contribution < 1.29 is 9.53 Å². The minimum atomic E-state index is -0.411. The lowest BCUT2D eigenvalue weighted by Gasteiger charge is -2.20. The number of aromatic nitrogens is 1. The summed E-state index contributed by atoms with van der Waals surface area (Å²) in [4.78, 5) is 16.6. The predicted octanol–water partition coefficient (Wildman–Crippen LogP) is 4.21. The number of aliphatic imine (C=N–C) groups is 1. The van der Waals surface area contributed by atoms with Crippen LogP contribution in [0.2, 0.25) is 0 Å². The normalized spacial score (nSPS) is 17.3. The Bertz CT molecular complexity index is 1110. The van der Waals surface area contributed by atoms with Gasteiger partial charge in [-0.3, -0.25) is 10.2 Å². The summed E-state index contributed by atoms with van der Waals surface area (Å²) in [6.45, 7) is 7.19. The average Bonchev–Trinajstić information content (AvgIpc) is 3.33. The molecule has 0 saturated heterocycles. The van der Waals surface area contributed by atoms with Gasteiger partial charge in [0.05, 0.1) is 12.1 Å². The molecule has 0 saturated carbocycles. The van der Waals surface area contributed by atoms with E-state index in [1.807, 2.05) is 48.9 Å². The van der Waals surface area contributed by atoms with Crippen LogP contribution in [0.3, 0.4) is 0 Å². The van der Waals surface area contributed by atoms with Crippen molar-refractivity contribution in [1.29, 1.82) is 5.41 Å². The van der Waals surface area contributed by atoms with Crippen molar-refractivity contribution in [2.24, 2.45) is 10.1 Å². The highest BCUT2D eigenvalue weighted by Gasteiger charge is 2.35. The number of fused-ring (bicyclic) bond motifs is 1. The number of nitrogens with one attached hydrogen (secondary N) is 1. The number of thioether (sulfide) groups is 1. The van der Waals surface area contributed by atoms with Gasteiger partial charge >= 0.3 is 0 Å². The zero-order valence-electron chi connectivity index (χ0n) is 17.2. The maximum absolute atomic E-state index is 12.5. The van der Waals surface area contributed by atoms with Crippen LogP contribution in [0.25, 0.3) is 6.08 Å². The van der Waals surface area contributed by atoms with Crippen LogP contribution >= 0.6 is 11.8 Å². The second-order valence-corrected chi connectivity index (χ2v) is 8.15. The second-order valence-electron chi connectivity index (χ2n) is 7.11. The topological polar surface area (TPSA) is 83.0 Å². The minimum absolute atomic E-state index is 0.0558. The summed E-state index contributed by atoms with van der Waals surface area (Å²) in [7, 11) is 0. The molecule has 7 nitrogen and oxygen atoms in total. The molecule has 0 unspecified atom stereocenters. The summed E-state index contributed by atoms with van der Waals surface area (Å²) in [5, 5.41) is 15.6. The maximum Gasteiger partial charge on any atom is 0.283 e. The smallest absolute Gasteiger partial charge is 0.283 e. The van der Waals surface area contributed by atoms with Gasteiger partial charge in [-0.25, -0.2) is 0 Å². The van der Waals surface area contributed by atoms with Gasteiger partial charge in [0.15, 0.2) is 5.84 Å². The number of benzene rings is 1. The SMILES string of the molecule is CCC1=NN2C(=N)C(=Cc3cccn3CCOc3ccc(C)cc3C)C(=O)N=C2S1. The molecule has 3 heterocycles. The molecule has 154 valence electrons. The van der Waals surface area contributed by atoms with Crippen LogP contribution in [0.5, 0.6) is 5.75 Å². The van der Waals surface area contributed by atoms with E-state index in [9.17, 15) is 4.79 Å². The number of amidine groups is 2. The first-order valence-corrected chi connectivity index (χ1v) is 10.6. The molecule has 0 radical (unpaired) electrons. The first-order valence-electron chi connectivity index (χ1n) is 9.80. The fourth-order valence-corrected chi connectivity index (χ4v) is 4.12. The number of carbonyl (C=O) groups is 1. The Morgan fingerprint density at radius 1 is 1.27 bits per heavy atom. The highest BCUT2D eigenvalue weighted by molar-refractivity contribution is 8.26. The van der Waals surface area contributed by atoms with Crippen LogP contribution in [0.15, 0.2) is 52.2 Å². The van der Waals surface area contributed by atoms with Crippen molar-refractivity contribution in [2.45, 2.75) is 33.7 Å². The van der Waals surface area contributed by atoms with Crippen LogP contribution in [0, 0.1) is 19.3 Å². The number of hydrogen-bond donors (Lipinski definition) is 1. The fourth-order valence-electron chi connectivity index (χ4n) is 3.30.